The molecule has 1 aliphatic heterocycles. The number of morpholine rings is 1. The molecule has 0 spiro atoms. The third-order valence-electron chi connectivity index (χ3n) is 5.99. The summed E-state index contributed by atoms with van der Waals surface area (Å²) < 4.78 is 16.4. The van der Waals surface area contributed by atoms with E-state index >= 15 is 0 Å². The Kier molecular flexibility index (Phi) is 6.52. The van der Waals surface area contributed by atoms with Gasteiger partial charge in [-0.2, -0.15) is 0 Å². The van der Waals surface area contributed by atoms with Gasteiger partial charge in [-0.15, -0.1) is 0 Å². The lowest BCUT2D eigenvalue weighted by Crippen LogP contribution is -2.43. The summed E-state index contributed by atoms with van der Waals surface area (Å²) in [6.45, 7) is 3.67. The molecule has 2 aromatic rings. The van der Waals surface area contributed by atoms with Crippen molar-refractivity contribution >= 4 is 5.91 Å². The molecule has 2 heterocycles. The van der Waals surface area contributed by atoms with Gasteiger partial charge in [-0.1, -0.05) is 12.1 Å². The highest BCUT2D eigenvalue weighted by Gasteiger charge is 2.34. The van der Waals surface area contributed by atoms with Crippen molar-refractivity contribution in [3.05, 3.63) is 54.0 Å². The van der Waals surface area contributed by atoms with Crippen LogP contribution in [0, 0.1) is 5.92 Å². The predicted octanol–water partition coefficient (Wildman–Crippen LogP) is 3.36. The Balaban J connectivity index is 1.37. The SMILES string of the molecule is COc1ccc(C(CC(=O)NCC(c2ccco2)N2CCOCC2)C2CC2)cc1. The van der Waals surface area contributed by atoms with Crippen molar-refractivity contribution in [2.75, 3.05) is 40.0 Å². The summed E-state index contributed by atoms with van der Waals surface area (Å²) >= 11 is 0. The highest BCUT2D eigenvalue weighted by molar-refractivity contribution is 5.77. The standard InChI is InChI=1S/C23H30N2O4/c1-27-19-8-6-18(7-9-19)20(17-4-5-17)15-23(26)24-16-21(22-3-2-12-29-22)25-10-13-28-14-11-25/h2-3,6-9,12,17,20-21H,4-5,10-11,13-16H2,1H3,(H,24,26). The second-order valence-electron chi connectivity index (χ2n) is 7.90. The fraction of sp³-hybridized carbons (Fsp3) is 0.522. The molecule has 1 amide bonds. The smallest absolute Gasteiger partial charge is 0.220 e. The molecule has 29 heavy (non-hydrogen) atoms. The topological polar surface area (TPSA) is 63.9 Å². The molecule has 6 heteroatoms. The third-order valence-corrected chi connectivity index (χ3v) is 5.99. The van der Waals surface area contributed by atoms with Crippen LogP contribution in [0.5, 0.6) is 5.75 Å². The zero-order valence-corrected chi connectivity index (χ0v) is 17.0. The summed E-state index contributed by atoms with van der Waals surface area (Å²) in [5.41, 5.74) is 1.22. The molecule has 156 valence electrons. The Morgan fingerprint density at radius 1 is 1.21 bits per heavy atom. The highest BCUT2D eigenvalue weighted by atomic mass is 16.5. The molecule has 1 aliphatic carbocycles. The van der Waals surface area contributed by atoms with Crippen LogP contribution in [0.25, 0.3) is 0 Å². The van der Waals surface area contributed by atoms with E-state index < -0.39 is 0 Å². The van der Waals surface area contributed by atoms with Crippen LogP contribution in [0.4, 0.5) is 0 Å². The number of ether oxygens (including phenoxy) is 2. The molecule has 0 bridgehead atoms. The minimum Gasteiger partial charge on any atom is -0.497 e. The maximum absolute atomic E-state index is 12.8. The number of benzene rings is 1. The van der Waals surface area contributed by atoms with Gasteiger partial charge in [0, 0.05) is 26.1 Å². The van der Waals surface area contributed by atoms with Gasteiger partial charge in [-0.05, 0) is 54.5 Å². The predicted molar refractivity (Wildman–Crippen MR) is 110 cm³/mol. The zero-order chi connectivity index (χ0) is 20.1. The first-order chi connectivity index (χ1) is 14.2. The molecule has 2 unspecified atom stereocenters. The van der Waals surface area contributed by atoms with Gasteiger partial charge in [-0.3, -0.25) is 9.69 Å². The summed E-state index contributed by atoms with van der Waals surface area (Å²) in [6.07, 6.45) is 4.61. The van der Waals surface area contributed by atoms with E-state index in [4.69, 9.17) is 13.9 Å². The number of amides is 1. The van der Waals surface area contributed by atoms with Crippen LogP contribution in [-0.2, 0) is 9.53 Å². The van der Waals surface area contributed by atoms with Crippen molar-refractivity contribution in [1.82, 2.24) is 10.2 Å². The summed E-state index contributed by atoms with van der Waals surface area (Å²) in [5.74, 6) is 2.71. The molecule has 2 fully saturated rings. The largest absolute Gasteiger partial charge is 0.497 e. The lowest BCUT2D eigenvalue weighted by molar-refractivity contribution is -0.122. The van der Waals surface area contributed by atoms with Crippen molar-refractivity contribution < 1.29 is 18.7 Å². The first kappa shape index (κ1) is 20.0. The molecule has 1 saturated carbocycles. The van der Waals surface area contributed by atoms with Crippen LogP contribution in [0.15, 0.2) is 47.1 Å². The van der Waals surface area contributed by atoms with E-state index in [1.165, 1.54) is 18.4 Å². The molecule has 1 N–H and O–H groups in total. The Labute approximate surface area is 172 Å². The second-order valence-corrected chi connectivity index (χ2v) is 7.90. The number of hydrogen-bond acceptors (Lipinski definition) is 5. The number of carbonyl (C=O) groups is 1. The van der Waals surface area contributed by atoms with E-state index in [2.05, 4.69) is 22.3 Å². The van der Waals surface area contributed by atoms with Crippen LogP contribution in [0.1, 0.15) is 42.5 Å². The van der Waals surface area contributed by atoms with Gasteiger partial charge < -0.3 is 19.2 Å². The Hall–Kier alpha value is -2.31. The van der Waals surface area contributed by atoms with Crippen LogP contribution < -0.4 is 10.1 Å². The van der Waals surface area contributed by atoms with E-state index in [1.807, 2.05) is 24.3 Å². The molecule has 2 atom stereocenters. The monoisotopic (exact) mass is 398 g/mol. The molecule has 1 aromatic heterocycles. The van der Waals surface area contributed by atoms with Crippen molar-refractivity contribution in [2.24, 2.45) is 5.92 Å². The quantitative estimate of drug-likeness (QED) is 0.702. The number of nitrogens with one attached hydrogen (secondary N) is 1. The molecule has 1 saturated heterocycles. The fourth-order valence-corrected chi connectivity index (χ4v) is 4.17. The van der Waals surface area contributed by atoms with Crippen LogP contribution in [0.2, 0.25) is 0 Å². The van der Waals surface area contributed by atoms with E-state index in [0.29, 0.717) is 32.1 Å². The summed E-state index contributed by atoms with van der Waals surface area (Å²) in [6, 6.07) is 12.1. The van der Waals surface area contributed by atoms with Gasteiger partial charge in [-0.25, -0.2) is 0 Å². The summed E-state index contributed by atoms with van der Waals surface area (Å²) in [4.78, 5) is 15.2. The fourth-order valence-electron chi connectivity index (χ4n) is 4.17. The maximum atomic E-state index is 12.8. The lowest BCUT2D eigenvalue weighted by Gasteiger charge is -2.33. The molecule has 6 nitrogen and oxygen atoms in total. The van der Waals surface area contributed by atoms with E-state index in [-0.39, 0.29) is 17.9 Å². The average Bonchev–Trinajstić information content (AvgIpc) is 3.47. The Morgan fingerprint density at radius 3 is 2.59 bits per heavy atom. The molecule has 4 rings (SSSR count). The third kappa shape index (κ3) is 5.19. The van der Waals surface area contributed by atoms with Gasteiger partial charge in [0.15, 0.2) is 0 Å². The highest BCUT2D eigenvalue weighted by Crippen LogP contribution is 2.44. The molecular formula is C23H30N2O4. The second kappa shape index (κ2) is 9.46. The molecule has 1 aromatic carbocycles. The van der Waals surface area contributed by atoms with Crippen LogP contribution >= 0.6 is 0 Å². The van der Waals surface area contributed by atoms with Crippen molar-refractivity contribution in [3.8, 4) is 5.75 Å². The van der Waals surface area contributed by atoms with Gasteiger partial charge >= 0.3 is 0 Å². The van der Waals surface area contributed by atoms with Crippen molar-refractivity contribution in [1.29, 1.82) is 0 Å². The van der Waals surface area contributed by atoms with Crippen LogP contribution in [0.3, 0.4) is 0 Å². The molecule has 2 aliphatic rings. The first-order valence-corrected chi connectivity index (χ1v) is 10.5. The zero-order valence-electron chi connectivity index (χ0n) is 17.0. The average molecular weight is 399 g/mol. The molecular weight excluding hydrogens is 368 g/mol. The Bertz CT molecular complexity index is 765. The lowest BCUT2D eigenvalue weighted by atomic mass is 9.90. The molecule has 0 radical (unpaired) electrons. The first-order valence-electron chi connectivity index (χ1n) is 10.5. The Morgan fingerprint density at radius 2 is 1.97 bits per heavy atom. The maximum Gasteiger partial charge on any atom is 0.220 e. The minimum atomic E-state index is 0.0400. The van der Waals surface area contributed by atoms with E-state index in [0.717, 1.165) is 24.6 Å². The normalized spacial score (nSPS) is 19.5. The van der Waals surface area contributed by atoms with Crippen LogP contribution in [-0.4, -0.2) is 50.8 Å². The minimum absolute atomic E-state index is 0.0400. The number of furan rings is 1. The van der Waals surface area contributed by atoms with Crippen molar-refractivity contribution in [2.45, 2.75) is 31.2 Å². The summed E-state index contributed by atoms with van der Waals surface area (Å²) in [7, 11) is 1.67. The number of hydrogen-bond donors (Lipinski definition) is 1. The van der Waals surface area contributed by atoms with E-state index in [9.17, 15) is 4.79 Å². The van der Waals surface area contributed by atoms with Crippen molar-refractivity contribution in [3.63, 3.8) is 0 Å². The number of rotatable bonds is 9. The van der Waals surface area contributed by atoms with Gasteiger partial charge in [0.05, 0.1) is 32.6 Å². The van der Waals surface area contributed by atoms with Gasteiger partial charge in [0.25, 0.3) is 0 Å². The number of nitrogens with zero attached hydrogens (tertiary/aromatic N) is 1. The van der Waals surface area contributed by atoms with E-state index in [1.54, 1.807) is 13.4 Å². The summed E-state index contributed by atoms with van der Waals surface area (Å²) in [5, 5.41) is 3.17. The van der Waals surface area contributed by atoms with Gasteiger partial charge in [0.1, 0.15) is 11.5 Å². The number of carbonyl (C=O) groups excluding carboxylic acids is 1. The van der Waals surface area contributed by atoms with Gasteiger partial charge in [0.2, 0.25) is 5.91 Å². The number of methoxy groups -OCH3 is 1.